The second kappa shape index (κ2) is 7.22. The van der Waals surface area contributed by atoms with E-state index in [1.165, 1.54) is 0 Å². The van der Waals surface area contributed by atoms with Crippen LogP contribution in [0.3, 0.4) is 0 Å². The molecule has 3 N–H and O–H groups in total. The van der Waals surface area contributed by atoms with Crippen molar-refractivity contribution in [1.29, 1.82) is 0 Å². The Labute approximate surface area is 116 Å². The molecule has 0 aromatic rings. The van der Waals surface area contributed by atoms with Crippen molar-refractivity contribution in [2.45, 2.75) is 31.7 Å². The quantitative estimate of drug-likeness (QED) is 0.745. The molecule has 0 aromatic carbocycles. The highest BCUT2D eigenvalue weighted by atomic mass is 16.1. The molecule has 5 heteroatoms. The van der Waals surface area contributed by atoms with Crippen LogP contribution < -0.4 is 11.1 Å². The summed E-state index contributed by atoms with van der Waals surface area (Å²) in [4.78, 5) is 16.9. The molecule has 110 valence electrons. The Morgan fingerprint density at radius 3 is 2.37 bits per heavy atom. The van der Waals surface area contributed by atoms with Gasteiger partial charge in [0.15, 0.2) is 0 Å². The predicted octanol–water partition coefficient (Wildman–Crippen LogP) is -0.132. The number of carbonyl (C=O) groups is 1. The van der Waals surface area contributed by atoms with Gasteiger partial charge in [0.05, 0.1) is 0 Å². The third kappa shape index (κ3) is 4.44. The van der Waals surface area contributed by atoms with Gasteiger partial charge in [-0.1, -0.05) is 0 Å². The molecule has 0 radical (unpaired) electrons. The molecule has 0 aliphatic carbocycles. The zero-order valence-corrected chi connectivity index (χ0v) is 12.1. The lowest BCUT2D eigenvalue weighted by molar-refractivity contribution is -0.127. The minimum absolute atomic E-state index is 0.216. The van der Waals surface area contributed by atoms with E-state index >= 15 is 0 Å². The molecular weight excluding hydrogens is 240 g/mol. The zero-order valence-electron chi connectivity index (χ0n) is 12.1. The first kappa shape index (κ1) is 14.8. The number of carbonyl (C=O) groups excluding carboxylic acids is 1. The van der Waals surface area contributed by atoms with Crippen LogP contribution >= 0.6 is 0 Å². The molecule has 0 aromatic heterocycles. The van der Waals surface area contributed by atoms with Gasteiger partial charge in [0.2, 0.25) is 5.91 Å². The molecule has 0 saturated carbocycles. The monoisotopic (exact) mass is 268 g/mol. The number of piperidine rings is 2. The predicted molar refractivity (Wildman–Crippen MR) is 76.9 cm³/mol. The first-order chi connectivity index (χ1) is 9.19. The van der Waals surface area contributed by atoms with Gasteiger partial charge in [0.25, 0.3) is 0 Å². The van der Waals surface area contributed by atoms with E-state index < -0.39 is 0 Å². The molecule has 2 fully saturated rings. The van der Waals surface area contributed by atoms with Gasteiger partial charge < -0.3 is 20.9 Å². The molecule has 2 heterocycles. The third-order valence-corrected chi connectivity index (χ3v) is 4.47. The molecule has 0 bridgehead atoms. The van der Waals surface area contributed by atoms with Crippen molar-refractivity contribution >= 4 is 5.91 Å². The summed E-state index contributed by atoms with van der Waals surface area (Å²) in [7, 11) is 2.14. The summed E-state index contributed by atoms with van der Waals surface area (Å²) in [5.41, 5.74) is 5.56. The highest BCUT2D eigenvalue weighted by molar-refractivity contribution is 5.79. The van der Waals surface area contributed by atoms with Crippen LogP contribution in [0.25, 0.3) is 0 Å². The van der Waals surface area contributed by atoms with Gasteiger partial charge in [-0.25, -0.2) is 0 Å². The number of amides is 1. The Kier molecular flexibility index (Phi) is 5.60. The van der Waals surface area contributed by atoms with E-state index in [9.17, 15) is 4.79 Å². The minimum Gasteiger partial charge on any atom is -0.353 e. The maximum Gasteiger partial charge on any atom is 0.223 e. The third-order valence-electron chi connectivity index (χ3n) is 4.47. The summed E-state index contributed by atoms with van der Waals surface area (Å²) in [6, 6.07) is 0.394. The van der Waals surface area contributed by atoms with Crippen LogP contribution in [0.4, 0.5) is 0 Å². The van der Waals surface area contributed by atoms with E-state index in [1.54, 1.807) is 0 Å². The Morgan fingerprint density at radius 1 is 1.16 bits per heavy atom. The Bertz CT molecular complexity index is 281. The van der Waals surface area contributed by atoms with Gasteiger partial charge in [-0.15, -0.1) is 0 Å². The van der Waals surface area contributed by atoms with Gasteiger partial charge in [0.1, 0.15) is 0 Å². The average molecular weight is 268 g/mol. The summed E-state index contributed by atoms with van der Waals surface area (Å²) in [6.07, 6.45) is 4.15. The largest absolute Gasteiger partial charge is 0.353 e. The number of nitrogens with two attached hydrogens (primary N) is 1. The second-order valence-electron chi connectivity index (χ2n) is 5.99. The van der Waals surface area contributed by atoms with Gasteiger partial charge in [-0.05, 0) is 58.9 Å². The Hall–Kier alpha value is -0.650. The van der Waals surface area contributed by atoms with E-state index in [4.69, 9.17) is 5.73 Å². The second-order valence-corrected chi connectivity index (χ2v) is 5.99. The van der Waals surface area contributed by atoms with Crippen molar-refractivity contribution < 1.29 is 4.79 Å². The number of hydrogen-bond donors (Lipinski definition) is 2. The van der Waals surface area contributed by atoms with Crippen molar-refractivity contribution in [3.05, 3.63) is 0 Å². The van der Waals surface area contributed by atoms with Crippen LogP contribution in [-0.4, -0.2) is 68.1 Å². The smallest absolute Gasteiger partial charge is 0.223 e. The standard InChI is InChI=1S/C14H28N4O/c1-17-7-4-13(5-8-17)16-14(19)12-2-9-18(10-3-12)11-6-15/h12-13H,2-11,15H2,1H3,(H,16,19). The van der Waals surface area contributed by atoms with Crippen molar-refractivity contribution in [2.75, 3.05) is 46.3 Å². The van der Waals surface area contributed by atoms with Crippen molar-refractivity contribution in [3.63, 3.8) is 0 Å². The van der Waals surface area contributed by atoms with E-state index in [0.29, 0.717) is 12.6 Å². The summed E-state index contributed by atoms with van der Waals surface area (Å²) in [5.74, 6) is 0.496. The Balaban J connectivity index is 1.69. The fraction of sp³-hybridized carbons (Fsp3) is 0.929. The van der Waals surface area contributed by atoms with Crippen LogP contribution in [0.1, 0.15) is 25.7 Å². The summed E-state index contributed by atoms with van der Waals surface area (Å²) in [6.45, 7) is 5.90. The molecule has 2 aliphatic heterocycles. The van der Waals surface area contributed by atoms with E-state index in [2.05, 4.69) is 22.2 Å². The lowest BCUT2D eigenvalue weighted by Crippen LogP contribution is -2.47. The molecule has 0 unspecified atom stereocenters. The lowest BCUT2D eigenvalue weighted by atomic mass is 9.94. The van der Waals surface area contributed by atoms with Crippen LogP contribution in [0.5, 0.6) is 0 Å². The Morgan fingerprint density at radius 2 is 1.79 bits per heavy atom. The van der Waals surface area contributed by atoms with Crippen LogP contribution in [0.2, 0.25) is 0 Å². The van der Waals surface area contributed by atoms with Crippen molar-refractivity contribution in [1.82, 2.24) is 15.1 Å². The maximum atomic E-state index is 12.2. The number of nitrogens with zero attached hydrogens (tertiary/aromatic N) is 2. The first-order valence-electron chi connectivity index (χ1n) is 7.60. The highest BCUT2D eigenvalue weighted by Crippen LogP contribution is 2.18. The van der Waals surface area contributed by atoms with Gasteiger partial charge >= 0.3 is 0 Å². The molecule has 19 heavy (non-hydrogen) atoms. The summed E-state index contributed by atoms with van der Waals surface area (Å²) >= 11 is 0. The molecule has 2 saturated heterocycles. The van der Waals surface area contributed by atoms with E-state index in [1.807, 2.05) is 0 Å². The molecule has 0 atom stereocenters. The molecule has 5 nitrogen and oxygen atoms in total. The molecule has 1 amide bonds. The molecular formula is C14H28N4O. The molecule has 2 rings (SSSR count). The van der Waals surface area contributed by atoms with E-state index in [-0.39, 0.29) is 11.8 Å². The average Bonchev–Trinajstić information content (AvgIpc) is 2.42. The first-order valence-corrected chi connectivity index (χ1v) is 7.60. The normalized spacial score (nSPS) is 24.5. The topological polar surface area (TPSA) is 61.6 Å². The van der Waals surface area contributed by atoms with Crippen LogP contribution in [0.15, 0.2) is 0 Å². The number of likely N-dealkylation sites (tertiary alicyclic amines) is 2. The van der Waals surface area contributed by atoms with E-state index in [0.717, 1.165) is 58.4 Å². The minimum atomic E-state index is 0.216. The number of nitrogens with one attached hydrogen (secondary N) is 1. The van der Waals surface area contributed by atoms with Crippen molar-refractivity contribution in [2.24, 2.45) is 11.7 Å². The maximum absolute atomic E-state index is 12.2. The summed E-state index contributed by atoms with van der Waals surface area (Å²) < 4.78 is 0. The van der Waals surface area contributed by atoms with Crippen LogP contribution in [0, 0.1) is 5.92 Å². The molecule has 0 spiro atoms. The van der Waals surface area contributed by atoms with Crippen molar-refractivity contribution in [3.8, 4) is 0 Å². The van der Waals surface area contributed by atoms with Gasteiger partial charge in [-0.3, -0.25) is 4.79 Å². The fourth-order valence-electron chi connectivity index (χ4n) is 3.07. The van der Waals surface area contributed by atoms with Gasteiger partial charge in [0, 0.05) is 25.0 Å². The SMILES string of the molecule is CN1CCC(NC(=O)C2CCN(CCN)CC2)CC1. The number of rotatable bonds is 4. The van der Waals surface area contributed by atoms with Gasteiger partial charge in [-0.2, -0.15) is 0 Å². The fourth-order valence-corrected chi connectivity index (χ4v) is 3.07. The summed E-state index contributed by atoms with van der Waals surface area (Å²) in [5, 5.41) is 3.25. The highest BCUT2D eigenvalue weighted by Gasteiger charge is 2.27. The van der Waals surface area contributed by atoms with Crippen LogP contribution in [-0.2, 0) is 4.79 Å². The lowest BCUT2D eigenvalue weighted by Gasteiger charge is -2.33. The zero-order chi connectivity index (χ0) is 13.7. The molecule has 2 aliphatic rings. The number of hydrogen-bond acceptors (Lipinski definition) is 4.